The van der Waals surface area contributed by atoms with E-state index >= 15 is 0 Å². The van der Waals surface area contributed by atoms with Gasteiger partial charge in [-0.15, -0.1) is 0 Å². The molecule has 0 aromatic carbocycles. The first kappa shape index (κ1) is 10.6. The Balaban J connectivity index is 1.64. The van der Waals surface area contributed by atoms with Gasteiger partial charge >= 0.3 is 5.97 Å². The number of aliphatic carboxylic acids is 1. The first-order valence-corrected chi connectivity index (χ1v) is 6.71. The molecule has 0 heterocycles. The Hall–Kier alpha value is -0.570. The highest BCUT2D eigenvalue weighted by Gasteiger charge is 2.43. The number of carboxylic acid groups (broad SMARTS) is 1. The molecule has 0 aromatic heterocycles. The highest BCUT2D eigenvalue weighted by Crippen LogP contribution is 2.40. The van der Waals surface area contributed by atoms with Crippen LogP contribution in [0.15, 0.2) is 0 Å². The molecular formula is C13H21NO2. The summed E-state index contributed by atoms with van der Waals surface area (Å²) >= 11 is 0. The average molecular weight is 223 g/mol. The van der Waals surface area contributed by atoms with Crippen molar-refractivity contribution in [1.82, 2.24) is 4.90 Å². The van der Waals surface area contributed by atoms with E-state index in [-0.39, 0.29) is 6.04 Å². The SMILES string of the molecule is O=C(O)C(C1CC1)N(CC1CC1)CC1CC1. The van der Waals surface area contributed by atoms with Crippen LogP contribution in [0.5, 0.6) is 0 Å². The van der Waals surface area contributed by atoms with Crippen LogP contribution in [0.1, 0.15) is 38.5 Å². The molecule has 1 atom stereocenters. The molecule has 0 aromatic rings. The first-order chi connectivity index (χ1) is 7.74. The van der Waals surface area contributed by atoms with E-state index in [2.05, 4.69) is 4.90 Å². The van der Waals surface area contributed by atoms with Gasteiger partial charge < -0.3 is 5.11 Å². The van der Waals surface area contributed by atoms with Gasteiger partial charge in [0.05, 0.1) is 0 Å². The van der Waals surface area contributed by atoms with Gasteiger partial charge in [0.1, 0.15) is 6.04 Å². The summed E-state index contributed by atoms with van der Waals surface area (Å²) in [6, 6.07) is -0.166. The summed E-state index contributed by atoms with van der Waals surface area (Å²) in [6.45, 7) is 2.09. The van der Waals surface area contributed by atoms with Crippen molar-refractivity contribution < 1.29 is 9.90 Å². The molecule has 0 aliphatic heterocycles. The van der Waals surface area contributed by atoms with Crippen molar-refractivity contribution in [3.8, 4) is 0 Å². The van der Waals surface area contributed by atoms with Gasteiger partial charge in [0.15, 0.2) is 0 Å². The summed E-state index contributed by atoms with van der Waals surface area (Å²) in [5.74, 6) is 1.48. The summed E-state index contributed by atoms with van der Waals surface area (Å²) in [5.41, 5.74) is 0. The van der Waals surface area contributed by atoms with E-state index in [0.717, 1.165) is 37.8 Å². The monoisotopic (exact) mass is 223 g/mol. The smallest absolute Gasteiger partial charge is 0.321 e. The lowest BCUT2D eigenvalue weighted by atomic mass is 10.1. The van der Waals surface area contributed by atoms with Gasteiger partial charge in [0.25, 0.3) is 0 Å². The number of rotatable bonds is 7. The molecule has 0 radical (unpaired) electrons. The Kier molecular flexibility index (Phi) is 2.66. The van der Waals surface area contributed by atoms with Crippen molar-refractivity contribution in [3.63, 3.8) is 0 Å². The lowest BCUT2D eigenvalue weighted by molar-refractivity contribution is -0.144. The number of carboxylic acids is 1. The van der Waals surface area contributed by atoms with Gasteiger partial charge in [-0.1, -0.05) is 0 Å². The van der Waals surface area contributed by atoms with Gasteiger partial charge in [-0.3, -0.25) is 9.69 Å². The van der Waals surface area contributed by atoms with Crippen LogP contribution in [-0.4, -0.2) is 35.1 Å². The van der Waals surface area contributed by atoms with Crippen molar-refractivity contribution >= 4 is 5.97 Å². The standard InChI is InChI=1S/C13H21NO2/c15-13(16)12(11-5-6-11)14(7-9-1-2-9)8-10-3-4-10/h9-12H,1-8H2,(H,15,16). The zero-order valence-corrected chi connectivity index (χ0v) is 9.77. The zero-order valence-electron chi connectivity index (χ0n) is 9.77. The molecule has 0 amide bonds. The van der Waals surface area contributed by atoms with Crippen LogP contribution in [0.25, 0.3) is 0 Å². The molecule has 0 bridgehead atoms. The third-order valence-corrected chi connectivity index (χ3v) is 4.09. The minimum Gasteiger partial charge on any atom is -0.480 e. The second-order valence-electron chi connectivity index (χ2n) is 5.96. The Morgan fingerprint density at radius 1 is 1.06 bits per heavy atom. The molecule has 3 nitrogen and oxygen atoms in total. The molecule has 1 N–H and O–H groups in total. The van der Waals surface area contributed by atoms with Crippen LogP contribution in [0, 0.1) is 17.8 Å². The van der Waals surface area contributed by atoms with Crippen molar-refractivity contribution in [2.24, 2.45) is 17.8 Å². The lowest BCUT2D eigenvalue weighted by Gasteiger charge is -2.29. The molecule has 3 saturated carbocycles. The molecule has 3 aliphatic rings. The topological polar surface area (TPSA) is 40.5 Å². The van der Waals surface area contributed by atoms with E-state index in [9.17, 15) is 9.90 Å². The summed E-state index contributed by atoms with van der Waals surface area (Å²) in [7, 11) is 0. The third kappa shape index (κ3) is 2.57. The van der Waals surface area contributed by atoms with E-state index in [1.54, 1.807) is 0 Å². The lowest BCUT2D eigenvalue weighted by Crippen LogP contribution is -2.45. The predicted octanol–water partition coefficient (Wildman–Crippen LogP) is 1.97. The molecule has 0 spiro atoms. The Morgan fingerprint density at radius 3 is 1.88 bits per heavy atom. The summed E-state index contributed by atoms with van der Waals surface area (Å²) < 4.78 is 0. The molecule has 3 rings (SSSR count). The predicted molar refractivity (Wildman–Crippen MR) is 61.2 cm³/mol. The van der Waals surface area contributed by atoms with Crippen molar-refractivity contribution in [2.75, 3.05) is 13.1 Å². The van der Waals surface area contributed by atoms with Crippen molar-refractivity contribution in [2.45, 2.75) is 44.6 Å². The van der Waals surface area contributed by atoms with E-state index in [4.69, 9.17) is 0 Å². The fraction of sp³-hybridized carbons (Fsp3) is 0.923. The fourth-order valence-corrected chi connectivity index (χ4v) is 2.63. The molecule has 90 valence electrons. The highest BCUT2D eigenvalue weighted by atomic mass is 16.4. The maximum absolute atomic E-state index is 11.4. The highest BCUT2D eigenvalue weighted by molar-refractivity contribution is 5.74. The quantitative estimate of drug-likeness (QED) is 0.717. The number of hydrogen-bond acceptors (Lipinski definition) is 2. The van der Waals surface area contributed by atoms with Gasteiger partial charge in [-0.25, -0.2) is 0 Å². The van der Waals surface area contributed by atoms with Gasteiger partial charge in [0, 0.05) is 13.1 Å². The maximum Gasteiger partial charge on any atom is 0.321 e. The minimum atomic E-state index is -0.580. The Morgan fingerprint density at radius 2 is 1.56 bits per heavy atom. The summed E-state index contributed by atoms with van der Waals surface area (Å²) in [6.07, 6.45) is 7.53. The fourth-order valence-electron chi connectivity index (χ4n) is 2.63. The summed E-state index contributed by atoms with van der Waals surface area (Å²) in [5, 5.41) is 9.38. The van der Waals surface area contributed by atoms with E-state index in [1.165, 1.54) is 25.7 Å². The number of nitrogens with zero attached hydrogens (tertiary/aromatic N) is 1. The Labute approximate surface area is 96.8 Å². The molecule has 3 heteroatoms. The van der Waals surface area contributed by atoms with Crippen molar-refractivity contribution in [1.29, 1.82) is 0 Å². The van der Waals surface area contributed by atoms with Crippen LogP contribution >= 0.6 is 0 Å². The first-order valence-electron chi connectivity index (χ1n) is 6.71. The Bertz CT molecular complexity index is 266. The molecule has 16 heavy (non-hydrogen) atoms. The summed E-state index contributed by atoms with van der Waals surface area (Å²) in [4.78, 5) is 13.7. The van der Waals surface area contributed by atoms with Crippen LogP contribution in [0.2, 0.25) is 0 Å². The van der Waals surface area contributed by atoms with E-state index < -0.39 is 5.97 Å². The second-order valence-corrected chi connectivity index (χ2v) is 5.96. The number of carbonyl (C=O) groups is 1. The van der Waals surface area contributed by atoms with E-state index in [0.29, 0.717) is 5.92 Å². The van der Waals surface area contributed by atoms with Crippen LogP contribution in [0.4, 0.5) is 0 Å². The third-order valence-electron chi connectivity index (χ3n) is 4.09. The van der Waals surface area contributed by atoms with Gasteiger partial charge in [0.2, 0.25) is 0 Å². The van der Waals surface area contributed by atoms with Crippen LogP contribution < -0.4 is 0 Å². The normalized spacial score (nSPS) is 27.1. The minimum absolute atomic E-state index is 0.166. The van der Waals surface area contributed by atoms with Crippen molar-refractivity contribution in [3.05, 3.63) is 0 Å². The zero-order chi connectivity index (χ0) is 11.1. The molecular weight excluding hydrogens is 202 g/mol. The van der Waals surface area contributed by atoms with Crippen LogP contribution in [0.3, 0.4) is 0 Å². The van der Waals surface area contributed by atoms with Gasteiger partial charge in [-0.05, 0) is 56.3 Å². The molecule has 0 saturated heterocycles. The molecule has 3 aliphatic carbocycles. The van der Waals surface area contributed by atoms with Crippen LogP contribution in [-0.2, 0) is 4.79 Å². The largest absolute Gasteiger partial charge is 0.480 e. The molecule has 1 unspecified atom stereocenters. The number of hydrogen-bond donors (Lipinski definition) is 1. The molecule has 3 fully saturated rings. The van der Waals surface area contributed by atoms with E-state index in [1.807, 2.05) is 0 Å². The second kappa shape index (κ2) is 4.02. The maximum atomic E-state index is 11.4. The average Bonchev–Trinajstić information content (AvgIpc) is 3.07. The van der Waals surface area contributed by atoms with Gasteiger partial charge in [-0.2, -0.15) is 0 Å².